The number of carbonyl (C=O) groups excluding carboxylic acids is 1. The van der Waals surface area contributed by atoms with Gasteiger partial charge in [-0.2, -0.15) is 0 Å². The van der Waals surface area contributed by atoms with Crippen molar-refractivity contribution in [1.82, 2.24) is 20.2 Å². The molecule has 1 N–H and O–H groups in total. The predicted octanol–water partition coefficient (Wildman–Crippen LogP) is 3.15. The lowest BCUT2D eigenvalue weighted by Crippen LogP contribution is -2.31. The molecule has 0 fully saturated rings. The molecule has 2 aromatic carbocycles. The maximum absolute atomic E-state index is 12.4. The lowest BCUT2D eigenvalue weighted by molar-refractivity contribution is 0.0952. The van der Waals surface area contributed by atoms with E-state index in [-0.39, 0.29) is 18.3 Å². The Hall–Kier alpha value is -1.95. The van der Waals surface area contributed by atoms with Gasteiger partial charge in [0.15, 0.2) is 0 Å². The summed E-state index contributed by atoms with van der Waals surface area (Å²) < 4.78 is 0. The van der Waals surface area contributed by atoms with Crippen molar-refractivity contribution in [2.24, 2.45) is 0 Å². The van der Waals surface area contributed by atoms with Crippen LogP contribution in [0.2, 0.25) is 5.02 Å². The summed E-state index contributed by atoms with van der Waals surface area (Å²) in [6.07, 6.45) is 0. The molecule has 0 aliphatic heterocycles. The average molecular weight is 365 g/mol. The van der Waals surface area contributed by atoms with Crippen LogP contribution in [0.3, 0.4) is 0 Å². The fourth-order valence-electron chi connectivity index (χ4n) is 2.34. The van der Waals surface area contributed by atoms with Gasteiger partial charge in [-0.3, -0.25) is 4.79 Å². The third kappa shape index (κ3) is 3.93. The Kier molecular flexibility index (Phi) is 5.94. The fraction of sp³-hybridized carbons (Fsp3) is 0.235. The Balaban J connectivity index is 0.00000208. The maximum Gasteiger partial charge on any atom is 0.253 e. The maximum atomic E-state index is 12.4. The SMILES string of the molecule is CN(C)CCNC(=O)c1cccc2nc3cc(Cl)ccc3nc12.Cl. The van der Waals surface area contributed by atoms with Gasteiger partial charge >= 0.3 is 0 Å². The van der Waals surface area contributed by atoms with Gasteiger partial charge in [-0.15, -0.1) is 12.4 Å². The zero-order valence-corrected chi connectivity index (χ0v) is 15.0. The quantitative estimate of drug-likeness (QED) is 0.722. The zero-order chi connectivity index (χ0) is 16.4. The first-order valence-electron chi connectivity index (χ1n) is 7.33. The molecular formula is C17H18Cl2N4O. The lowest BCUT2D eigenvalue weighted by Gasteiger charge is -2.11. The highest BCUT2D eigenvalue weighted by Gasteiger charge is 2.12. The molecule has 7 heteroatoms. The predicted molar refractivity (Wildman–Crippen MR) is 100 cm³/mol. The molecule has 0 unspecified atom stereocenters. The van der Waals surface area contributed by atoms with Crippen molar-refractivity contribution in [2.45, 2.75) is 0 Å². The number of halogens is 2. The number of benzene rings is 2. The number of nitrogens with one attached hydrogen (secondary N) is 1. The molecule has 5 nitrogen and oxygen atoms in total. The van der Waals surface area contributed by atoms with E-state index < -0.39 is 0 Å². The van der Waals surface area contributed by atoms with Gasteiger partial charge in [-0.25, -0.2) is 9.97 Å². The van der Waals surface area contributed by atoms with Gasteiger partial charge in [-0.1, -0.05) is 17.7 Å². The van der Waals surface area contributed by atoms with Crippen molar-refractivity contribution in [3.05, 3.63) is 47.0 Å². The van der Waals surface area contributed by atoms with E-state index in [4.69, 9.17) is 11.6 Å². The minimum atomic E-state index is -0.139. The summed E-state index contributed by atoms with van der Waals surface area (Å²) >= 11 is 6.00. The molecule has 0 radical (unpaired) electrons. The third-order valence-corrected chi connectivity index (χ3v) is 3.75. The molecule has 24 heavy (non-hydrogen) atoms. The summed E-state index contributed by atoms with van der Waals surface area (Å²) in [5, 5.41) is 3.52. The van der Waals surface area contributed by atoms with E-state index in [1.807, 2.05) is 37.2 Å². The summed E-state index contributed by atoms with van der Waals surface area (Å²) in [4.78, 5) is 23.6. The topological polar surface area (TPSA) is 58.1 Å². The first kappa shape index (κ1) is 18.4. The molecule has 0 aliphatic rings. The molecule has 0 saturated carbocycles. The molecule has 1 aromatic heterocycles. The number of rotatable bonds is 4. The second kappa shape index (κ2) is 7.75. The van der Waals surface area contributed by atoms with Gasteiger partial charge in [0, 0.05) is 18.1 Å². The molecule has 1 amide bonds. The van der Waals surface area contributed by atoms with Gasteiger partial charge in [0.2, 0.25) is 0 Å². The van der Waals surface area contributed by atoms with Crippen LogP contribution in [0.1, 0.15) is 10.4 Å². The van der Waals surface area contributed by atoms with Crippen LogP contribution in [0.4, 0.5) is 0 Å². The molecule has 3 aromatic rings. The number of carbonyl (C=O) groups is 1. The monoisotopic (exact) mass is 364 g/mol. The van der Waals surface area contributed by atoms with Crippen molar-refractivity contribution < 1.29 is 4.79 Å². The first-order chi connectivity index (χ1) is 11.0. The highest BCUT2D eigenvalue weighted by molar-refractivity contribution is 6.31. The van der Waals surface area contributed by atoms with Crippen LogP contribution in [0.15, 0.2) is 36.4 Å². The Morgan fingerprint density at radius 3 is 2.67 bits per heavy atom. The van der Waals surface area contributed by atoms with E-state index in [1.54, 1.807) is 18.2 Å². The van der Waals surface area contributed by atoms with Gasteiger partial charge in [-0.05, 0) is 44.4 Å². The number of hydrogen-bond acceptors (Lipinski definition) is 4. The molecule has 0 atom stereocenters. The van der Waals surface area contributed by atoms with E-state index in [1.165, 1.54) is 0 Å². The number of aromatic nitrogens is 2. The molecule has 126 valence electrons. The number of hydrogen-bond donors (Lipinski definition) is 1. The van der Waals surface area contributed by atoms with Crippen molar-refractivity contribution in [1.29, 1.82) is 0 Å². The summed E-state index contributed by atoms with van der Waals surface area (Å²) in [5.41, 5.74) is 3.25. The van der Waals surface area contributed by atoms with Gasteiger partial charge in [0.05, 0.1) is 22.1 Å². The number of fused-ring (bicyclic) bond motifs is 2. The molecule has 0 spiro atoms. The van der Waals surface area contributed by atoms with Crippen LogP contribution in [0, 0.1) is 0 Å². The smallest absolute Gasteiger partial charge is 0.253 e. The number of amides is 1. The summed E-state index contributed by atoms with van der Waals surface area (Å²) in [7, 11) is 3.93. The minimum Gasteiger partial charge on any atom is -0.351 e. The first-order valence-corrected chi connectivity index (χ1v) is 7.71. The highest BCUT2D eigenvalue weighted by Crippen LogP contribution is 2.21. The van der Waals surface area contributed by atoms with Crippen molar-refractivity contribution in [2.75, 3.05) is 27.2 Å². The van der Waals surface area contributed by atoms with E-state index in [2.05, 4.69) is 15.3 Å². The van der Waals surface area contributed by atoms with Gasteiger partial charge in [0.1, 0.15) is 5.52 Å². The number of para-hydroxylation sites is 1. The van der Waals surface area contributed by atoms with E-state index in [9.17, 15) is 4.79 Å². The number of likely N-dealkylation sites (N-methyl/N-ethyl adjacent to an activating group) is 1. The summed E-state index contributed by atoms with van der Waals surface area (Å²) in [6, 6.07) is 10.8. The van der Waals surface area contributed by atoms with Crippen LogP contribution in [0.25, 0.3) is 22.1 Å². The molecular weight excluding hydrogens is 347 g/mol. The summed E-state index contributed by atoms with van der Waals surface area (Å²) in [5.74, 6) is -0.139. The second-order valence-electron chi connectivity index (χ2n) is 5.59. The largest absolute Gasteiger partial charge is 0.351 e. The Labute approximate surface area is 151 Å². The van der Waals surface area contributed by atoms with Crippen LogP contribution in [-0.2, 0) is 0 Å². The second-order valence-corrected chi connectivity index (χ2v) is 6.03. The Morgan fingerprint density at radius 2 is 1.92 bits per heavy atom. The van der Waals surface area contributed by atoms with Gasteiger partial charge < -0.3 is 10.2 Å². The van der Waals surface area contributed by atoms with Crippen molar-refractivity contribution >= 4 is 52.0 Å². The van der Waals surface area contributed by atoms with Crippen molar-refractivity contribution in [3.63, 3.8) is 0 Å². The normalized spacial score (nSPS) is 10.8. The van der Waals surface area contributed by atoms with Crippen LogP contribution in [0.5, 0.6) is 0 Å². The highest BCUT2D eigenvalue weighted by atomic mass is 35.5. The van der Waals surface area contributed by atoms with Gasteiger partial charge in [0.25, 0.3) is 5.91 Å². The minimum absolute atomic E-state index is 0. The fourth-order valence-corrected chi connectivity index (χ4v) is 2.51. The van der Waals surface area contributed by atoms with Crippen molar-refractivity contribution in [3.8, 4) is 0 Å². The average Bonchev–Trinajstić information content (AvgIpc) is 2.51. The van der Waals surface area contributed by atoms with Crippen LogP contribution >= 0.6 is 24.0 Å². The van der Waals surface area contributed by atoms with E-state index in [0.29, 0.717) is 28.2 Å². The lowest BCUT2D eigenvalue weighted by atomic mass is 10.1. The zero-order valence-electron chi connectivity index (χ0n) is 13.4. The summed E-state index contributed by atoms with van der Waals surface area (Å²) in [6.45, 7) is 1.36. The molecule has 0 aliphatic carbocycles. The molecule has 0 bridgehead atoms. The third-order valence-electron chi connectivity index (χ3n) is 3.51. The Bertz CT molecular complexity index is 883. The van der Waals surface area contributed by atoms with E-state index >= 15 is 0 Å². The van der Waals surface area contributed by atoms with Crippen LogP contribution in [-0.4, -0.2) is 48.0 Å². The van der Waals surface area contributed by atoms with E-state index in [0.717, 1.165) is 17.6 Å². The Morgan fingerprint density at radius 1 is 1.12 bits per heavy atom. The molecule has 1 heterocycles. The standard InChI is InChI=1S/C17H17ClN4O.ClH/c1-22(2)9-8-19-17(23)12-4-3-5-14-16(12)21-13-7-6-11(18)10-15(13)20-14;/h3-7,10H,8-9H2,1-2H3,(H,19,23);1H. The molecule has 0 saturated heterocycles. The number of nitrogens with zero attached hydrogens (tertiary/aromatic N) is 3. The molecule has 3 rings (SSSR count). The van der Waals surface area contributed by atoms with Crippen LogP contribution < -0.4 is 5.32 Å².